The van der Waals surface area contributed by atoms with Crippen molar-refractivity contribution in [3.05, 3.63) is 34.3 Å². The van der Waals surface area contributed by atoms with E-state index in [1.54, 1.807) is 6.92 Å². The monoisotopic (exact) mass is 327 g/mol. The quantitative estimate of drug-likeness (QED) is 0.804. The van der Waals surface area contributed by atoms with Crippen LogP contribution < -0.4 is 5.32 Å². The zero-order chi connectivity index (χ0) is 14.5. The lowest BCUT2D eigenvalue weighted by atomic mass is 9.94. The molecule has 0 aromatic heterocycles. The lowest BCUT2D eigenvalue weighted by Crippen LogP contribution is -2.53. The lowest BCUT2D eigenvalue weighted by Gasteiger charge is -2.30. The molecule has 19 heavy (non-hydrogen) atoms. The zero-order valence-electron chi connectivity index (χ0n) is 11.7. The van der Waals surface area contributed by atoms with Gasteiger partial charge in [-0.1, -0.05) is 41.4 Å². The van der Waals surface area contributed by atoms with Gasteiger partial charge < -0.3 is 5.11 Å². The van der Waals surface area contributed by atoms with Crippen molar-refractivity contribution in [2.24, 2.45) is 0 Å². The summed E-state index contributed by atoms with van der Waals surface area (Å²) in [5, 5.41) is 12.6. The fourth-order valence-corrected chi connectivity index (χ4v) is 2.57. The number of carboxylic acids is 1. The van der Waals surface area contributed by atoms with Crippen molar-refractivity contribution in [1.29, 1.82) is 0 Å². The molecule has 0 radical (unpaired) electrons. The van der Waals surface area contributed by atoms with E-state index in [0.29, 0.717) is 6.42 Å². The maximum absolute atomic E-state index is 11.4. The van der Waals surface area contributed by atoms with E-state index in [1.165, 1.54) is 5.56 Å². The van der Waals surface area contributed by atoms with E-state index in [4.69, 9.17) is 0 Å². The van der Waals surface area contributed by atoms with Crippen molar-refractivity contribution >= 4 is 21.9 Å². The molecule has 0 bridgehead atoms. The summed E-state index contributed by atoms with van der Waals surface area (Å²) < 4.78 is 1.05. The van der Waals surface area contributed by atoms with Crippen LogP contribution in [0, 0.1) is 0 Å². The van der Waals surface area contributed by atoms with E-state index >= 15 is 0 Å². The predicted molar refractivity (Wildman–Crippen MR) is 81.4 cm³/mol. The van der Waals surface area contributed by atoms with Crippen molar-refractivity contribution < 1.29 is 9.90 Å². The van der Waals surface area contributed by atoms with Gasteiger partial charge in [0, 0.05) is 10.5 Å². The Bertz CT molecular complexity index is 419. The van der Waals surface area contributed by atoms with Crippen LogP contribution in [-0.4, -0.2) is 22.7 Å². The van der Waals surface area contributed by atoms with Crippen LogP contribution in [0.4, 0.5) is 0 Å². The lowest BCUT2D eigenvalue weighted by molar-refractivity contribution is -0.144. The Balaban J connectivity index is 2.65. The van der Waals surface area contributed by atoms with E-state index < -0.39 is 11.5 Å². The van der Waals surface area contributed by atoms with Crippen LogP contribution in [0.1, 0.15) is 39.2 Å². The van der Waals surface area contributed by atoms with Gasteiger partial charge in [0.05, 0.1) is 0 Å². The molecule has 0 saturated heterocycles. The van der Waals surface area contributed by atoms with Gasteiger partial charge in [0.25, 0.3) is 0 Å². The second-order valence-electron chi connectivity index (χ2n) is 5.26. The smallest absolute Gasteiger partial charge is 0.323 e. The van der Waals surface area contributed by atoms with Gasteiger partial charge >= 0.3 is 5.97 Å². The molecular weight excluding hydrogens is 306 g/mol. The van der Waals surface area contributed by atoms with Crippen molar-refractivity contribution in [2.75, 3.05) is 0 Å². The summed E-state index contributed by atoms with van der Waals surface area (Å²) in [4.78, 5) is 11.4. The van der Waals surface area contributed by atoms with Crippen molar-refractivity contribution in [2.45, 2.75) is 51.6 Å². The SMILES string of the molecule is CCCC(C)(NC(C)Cc1ccc(Br)cc1)C(=O)O. The Labute approximate surface area is 123 Å². The molecule has 2 N–H and O–H groups in total. The van der Waals surface area contributed by atoms with Crippen molar-refractivity contribution in [3.63, 3.8) is 0 Å². The molecule has 0 heterocycles. The molecule has 0 aliphatic carbocycles. The molecule has 0 saturated carbocycles. The molecule has 106 valence electrons. The molecule has 1 aromatic carbocycles. The number of carbonyl (C=O) groups is 1. The predicted octanol–water partition coefficient (Wildman–Crippen LogP) is 3.61. The maximum atomic E-state index is 11.4. The minimum atomic E-state index is -0.844. The Morgan fingerprint density at radius 2 is 2.00 bits per heavy atom. The summed E-state index contributed by atoms with van der Waals surface area (Å²) in [6.07, 6.45) is 2.30. The first kappa shape index (κ1) is 16.2. The van der Waals surface area contributed by atoms with Crippen LogP contribution in [0.15, 0.2) is 28.7 Å². The number of hydrogen-bond acceptors (Lipinski definition) is 2. The molecule has 0 fully saturated rings. The fraction of sp³-hybridized carbons (Fsp3) is 0.533. The molecule has 0 spiro atoms. The minimum Gasteiger partial charge on any atom is -0.480 e. The first-order valence-corrected chi connectivity index (χ1v) is 7.42. The number of benzene rings is 1. The number of halogens is 1. The van der Waals surface area contributed by atoms with Gasteiger partial charge in [0.15, 0.2) is 0 Å². The molecule has 2 atom stereocenters. The van der Waals surface area contributed by atoms with Crippen molar-refractivity contribution in [1.82, 2.24) is 5.32 Å². The highest BCUT2D eigenvalue weighted by Gasteiger charge is 2.32. The summed E-state index contributed by atoms with van der Waals surface area (Å²) in [7, 11) is 0. The van der Waals surface area contributed by atoms with Gasteiger partial charge in [-0.2, -0.15) is 0 Å². The van der Waals surface area contributed by atoms with E-state index in [2.05, 4.69) is 33.4 Å². The van der Waals surface area contributed by atoms with Gasteiger partial charge in [-0.25, -0.2) is 0 Å². The largest absolute Gasteiger partial charge is 0.480 e. The first-order valence-electron chi connectivity index (χ1n) is 6.63. The fourth-order valence-electron chi connectivity index (χ4n) is 2.31. The normalized spacial score (nSPS) is 15.8. The molecule has 1 rings (SSSR count). The Hall–Kier alpha value is -0.870. The summed E-state index contributed by atoms with van der Waals surface area (Å²) >= 11 is 3.41. The molecule has 4 heteroatoms. The molecule has 1 aromatic rings. The van der Waals surface area contributed by atoms with Crippen LogP contribution in [0.3, 0.4) is 0 Å². The first-order chi connectivity index (χ1) is 8.87. The van der Waals surface area contributed by atoms with Gasteiger partial charge in [-0.3, -0.25) is 10.1 Å². The van der Waals surface area contributed by atoms with Crippen LogP contribution in [0.25, 0.3) is 0 Å². The summed E-state index contributed by atoms with van der Waals surface area (Å²) in [5.41, 5.74) is 0.358. The van der Waals surface area contributed by atoms with E-state index in [9.17, 15) is 9.90 Å². The van der Waals surface area contributed by atoms with Crippen LogP contribution in [0.5, 0.6) is 0 Å². The molecule has 3 nitrogen and oxygen atoms in total. The van der Waals surface area contributed by atoms with Gasteiger partial charge in [-0.15, -0.1) is 0 Å². The Morgan fingerprint density at radius 3 is 2.47 bits per heavy atom. The second-order valence-corrected chi connectivity index (χ2v) is 6.18. The summed E-state index contributed by atoms with van der Waals surface area (Å²) in [6.45, 7) is 5.79. The standard InChI is InChI=1S/C15H22BrNO2/c1-4-9-15(3,14(18)19)17-11(2)10-12-5-7-13(16)8-6-12/h5-8,11,17H,4,9-10H2,1-3H3,(H,18,19). The highest BCUT2D eigenvalue weighted by Crippen LogP contribution is 2.16. The third kappa shape index (κ3) is 4.96. The topological polar surface area (TPSA) is 49.3 Å². The average molecular weight is 328 g/mol. The minimum absolute atomic E-state index is 0.119. The summed E-state index contributed by atoms with van der Waals surface area (Å²) in [6, 6.07) is 8.24. The second kappa shape index (κ2) is 7.06. The summed E-state index contributed by atoms with van der Waals surface area (Å²) in [5.74, 6) is -0.781. The Kier molecular flexibility index (Phi) is 6.01. The van der Waals surface area contributed by atoms with Gasteiger partial charge in [0.2, 0.25) is 0 Å². The number of nitrogens with one attached hydrogen (secondary N) is 1. The number of carboxylic acid groups (broad SMARTS) is 1. The third-order valence-corrected chi connectivity index (χ3v) is 3.77. The molecule has 2 unspecified atom stereocenters. The van der Waals surface area contributed by atoms with E-state index in [0.717, 1.165) is 17.3 Å². The van der Waals surface area contributed by atoms with Gasteiger partial charge in [0.1, 0.15) is 5.54 Å². The van der Waals surface area contributed by atoms with Crippen LogP contribution in [0.2, 0.25) is 0 Å². The van der Waals surface area contributed by atoms with E-state index in [-0.39, 0.29) is 6.04 Å². The third-order valence-electron chi connectivity index (χ3n) is 3.24. The van der Waals surface area contributed by atoms with Gasteiger partial charge in [-0.05, 0) is 44.4 Å². The molecular formula is C15H22BrNO2. The van der Waals surface area contributed by atoms with E-state index in [1.807, 2.05) is 26.0 Å². The maximum Gasteiger partial charge on any atom is 0.323 e. The zero-order valence-corrected chi connectivity index (χ0v) is 13.3. The molecule has 0 aliphatic heterocycles. The van der Waals surface area contributed by atoms with Crippen LogP contribution in [-0.2, 0) is 11.2 Å². The molecule has 0 amide bonds. The van der Waals surface area contributed by atoms with Crippen LogP contribution >= 0.6 is 15.9 Å². The highest BCUT2D eigenvalue weighted by atomic mass is 79.9. The Morgan fingerprint density at radius 1 is 1.42 bits per heavy atom. The molecule has 0 aliphatic rings. The number of rotatable bonds is 7. The number of hydrogen-bond donors (Lipinski definition) is 2. The van der Waals surface area contributed by atoms with Crippen molar-refractivity contribution in [3.8, 4) is 0 Å². The average Bonchev–Trinajstić information content (AvgIpc) is 2.32. The highest BCUT2D eigenvalue weighted by molar-refractivity contribution is 9.10. The number of aliphatic carboxylic acids is 1.